The van der Waals surface area contributed by atoms with E-state index in [0.717, 1.165) is 5.56 Å². The highest BCUT2D eigenvalue weighted by Gasteiger charge is 2.17. The van der Waals surface area contributed by atoms with E-state index in [2.05, 4.69) is 5.43 Å². The van der Waals surface area contributed by atoms with Gasteiger partial charge < -0.3 is 4.42 Å². The molecule has 20 heavy (non-hydrogen) atoms. The van der Waals surface area contributed by atoms with Gasteiger partial charge in [0.15, 0.2) is 0 Å². The minimum absolute atomic E-state index is 0.298. The molecule has 1 atom stereocenters. The summed E-state index contributed by atoms with van der Waals surface area (Å²) in [4.78, 5) is 0. The van der Waals surface area contributed by atoms with E-state index < -0.39 is 0 Å². The van der Waals surface area contributed by atoms with Crippen LogP contribution in [0.25, 0.3) is 11.0 Å². The van der Waals surface area contributed by atoms with Crippen molar-refractivity contribution in [2.45, 2.75) is 6.04 Å². The number of hydrazine groups is 1. The van der Waals surface area contributed by atoms with Crippen LogP contribution in [-0.2, 0) is 0 Å². The Morgan fingerprint density at radius 2 is 1.85 bits per heavy atom. The van der Waals surface area contributed by atoms with E-state index in [9.17, 15) is 4.39 Å². The van der Waals surface area contributed by atoms with Gasteiger partial charge in [0.25, 0.3) is 0 Å². The zero-order chi connectivity index (χ0) is 14.1. The smallest absolute Gasteiger partial charge is 0.134 e. The number of rotatable bonds is 3. The number of hydrogen-bond acceptors (Lipinski definition) is 3. The van der Waals surface area contributed by atoms with Crippen molar-refractivity contribution >= 4 is 22.6 Å². The van der Waals surface area contributed by atoms with Gasteiger partial charge in [-0.15, -0.1) is 0 Å². The molecule has 1 heterocycles. The van der Waals surface area contributed by atoms with Crippen LogP contribution in [0.15, 0.2) is 52.9 Å². The number of nitrogens with two attached hydrogens (primary N) is 1. The minimum atomic E-state index is -0.317. The van der Waals surface area contributed by atoms with Crippen molar-refractivity contribution in [3.05, 3.63) is 70.7 Å². The predicted molar refractivity (Wildman–Crippen MR) is 76.8 cm³/mol. The molecule has 0 aliphatic carbocycles. The first-order valence-electron chi connectivity index (χ1n) is 6.08. The highest BCUT2D eigenvalue weighted by molar-refractivity contribution is 6.30. The molecular weight excluding hydrogens is 279 g/mol. The van der Waals surface area contributed by atoms with Crippen molar-refractivity contribution in [3.63, 3.8) is 0 Å². The van der Waals surface area contributed by atoms with Crippen molar-refractivity contribution in [3.8, 4) is 0 Å². The summed E-state index contributed by atoms with van der Waals surface area (Å²) in [6.07, 6.45) is 0. The zero-order valence-electron chi connectivity index (χ0n) is 10.4. The Bertz CT molecular complexity index is 739. The minimum Gasteiger partial charge on any atom is -0.459 e. The Morgan fingerprint density at radius 3 is 2.55 bits per heavy atom. The van der Waals surface area contributed by atoms with Crippen LogP contribution in [0.5, 0.6) is 0 Å². The number of hydrogen-bond donors (Lipinski definition) is 2. The molecule has 1 unspecified atom stereocenters. The van der Waals surface area contributed by atoms with Crippen LogP contribution in [0.1, 0.15) is 17.4 Å². The molecule has 0 radical (unpaired) electrons. The third-order valence-electron chi connectivity index (χ3n) is 3.15. The third-order valence-corrected chi connectivity index (χ3v) is 3.40. The standard InChI is InChI=1S/C15H12ClFN2O/c16-11-3-1-9(2-4-11)15(19-18)14-8-10-7-12(17)5-6-13(10)20-14/h1-8,15,19H,18H2. The lowest BCUT2D eigenvalue weighted by Crippen LogP contribution is -2.28. The summed E-state index contributed by atoms with van der Waals surface area (Å²) < 4.78 is 18.9. The van der Waals surface area contributed by atoms with Gasteiger partial charge in [0.1, 0.15) is 23.2 Å². The van der Waals surface area contributed by atoms with Crippen molar-refractivity contribution in [1.82, 2.24) is 5.43 Å². The van der Waals surface area contributed by atoms with Crippen molar-refractivity contribution in [2.75, 3.05) is 0 Å². The Kier molecular flexibility index (Phi) is 3.44. The molecule has 2 aromatic carbocycles. The molecule has 0 fully saturated rings. The maximum Gasteiger partial charge on any atom is 0.134 e. The average Bonchev–Trinajstić information content (AvgIpc) is 2.84. The summed E-state index contributed by atoms with van der Waals surface area (Å²) in [5.41, 5.74) is 4.23. The molecule has 5 heteroatoms. The topological polar surface area (TPSA) is 51.2 Å². The fourth-order valence-corrected chi connectivity index (χ4v) is 2.30. The van der Waals surface area contributed by atoms with Gasteiger partial charge in [-0.3, -0.25) is 5.84 Å². The van der Waals surface area contributed by atoms with E-state index in [4.69, 9.17) is 21.9 Å². The fourth-order valence-electron chi connectivity index (χ4n) is 2.17. The van der Waals surface area contributed by atoms with E-state index in [1.54, 1.807) is 24.3 Å². The van der Waals surface area contributed by atoms with Gasteiger partial charge in [-0.05, 0) is 42.0 Å². The second-order valence-corrected chi connectivity index (χ2v) is 4.92. The monoisotopic (exact) mass is 290 g/mol. The van der Waals surface area contributed by atoms with Crippen LogP contribution < -0.4 is 11.3 Å². The summed E-state index contributed by atoms with van der Waals surface area (Å²) in [7, 11) is 0. The largest absolute Gasteiger partial charge is 0.459 e. The lowest BCUT2D eigenvalue weighted by molar-refractivity contribution is 0.477. The van der Waals surface area contributed by atoms with Crippen molar-refractivity contribution < 1.29 is 8.81 Å². The van der Waals surface area contributed by atoms with Crippen LogP contribution in [0, 0.1) is 5.82 Å². The van der Waals surface area contributed by atoms with Crippen LogP contribution in [0.4, 0.5) is 4.39 Å². The quantitative estimate of drug-likeness (QED) is 0.570. The molecule has 1 aromatic heterocycles. The Morgan fingerprint density at radius 1 is 1.10 bits per heavy atom. The van der Waals surface area contributed by atoms with Crippen LogP contribution >= 0.6 is 11.6 Å². The average molecular weight is 291 g/mol. The molecule has 3 rings (SSSR count). The Labute approximate surface area is 120 Å². The second kappa shape index (κ2) is 5.25. The zero-order valence-corrected chi connectivity index (χ0v) is 11.2. The van der Waals surface area contributed by atoms with E-state index in [1.807, 2.05) is 12.1 Å². The van der Waals surface area contributed by atoms with Gasteiger partial charge in [-0.2, -0.15) is 0 Å². The maximum absolute atomic E-state index is 13.2. The van der Waals surface area contributed by atoms with Crippen LogP contribution in [0.2, 0.25) is 5.02 Å². The fraction of sp³-hybridized carbons (Fsp3) is 0.0667. The summed E-state index contributed by atoms with van der Waals surface area (Å²) in [5.74, 6) is 5.93. The highest BCUT2D eigenvalue weighted by Crippen LogP contribution is 2.28. The molecule has 0 spiro atoms. The first kappa shape index (κ1) is 13.1. The lowest BCUT2D eigenvalue weighted by Gasteiger charge is -2.13. The van der Waals surface area contributed by atoms with E-state index in [0.29, 0.717) is 21.8 Å². The normalized spacial score (nSPS) is 12.8. The Hall–Kier alpha value is -1.88. The lowest BCUT2D eigenvalue weighted by atomic mass is 10.1. The predicted octanol–water partition coefficient (Wildman–Crippen LogP) is 3.78. The summed E-state index contributed by atoms with van der Waals surface area (Å²) in [6, 6.07) is 13.1. The van der Waals surface area contributed by atoms with Gasteiger partial charge >= 0.3 is 0 Å². The van der Waals surface area contributed by atoms with E-state index in [1.165, 1.54) is 12.1 Å². The first-order chi connectivity index (χ1) is 9.67. The van der Waals surface area contributed by atoms with Gasteiger partial charge in [0, 0.05) is 10.4 Å². The summed E-state index contributed by atoms with van der Waals surface area (Å²) >= 11 is 5.87. The van der Waals surface area contributed by atoms with Gasteiger partial charge in [0.2, 0.25) is 0 Å². The summed E-state index contributed by atoms with van der Waals surface area (Å²) in [6.45, 7) is 0. The number of fused-ring (bicyclic) bond motifs is 1. The molecule has 3 nitrogen and oxygen atoms in total. The Balaban J connectivity index is 2.04. The molecule has 3 aromatic rings. The molecule has 3 N–H and O–H groups in total. The maximum atomic E-state index is 13.2. The number of furan rings is 1. The van der Waals surface area contributed by atoms with Gasteiger partial charge in [0.05, 0.1) is 0 Å². The molecule has 0 aliphatic rings. The molecule has 0 amide bonds. The van der Waals surface area contributed by atoms with Crippen LogP contribution in [-0.4, -0.2) is 0 Å². The van der Waals surface area contributed by atoms with E-state index in [-0.39, 0.29) is 11.9 Å². The second-order valence-electron chi connectivity index (χ2n) is 4.48. The number of benzene rings is 2. The van der Waals surface area contributed by atoms with E-state index >= 15 is 0 Å². The highest BCUT2D eigenvalue weighted by atomic mass is 35.5. The first-order valence-corrected chi connectivity index (χ1v) is 6.46. The molecule has 0 saturated heterocycles. The SMILES string of the molecule is NNC(c1ccc(Cl)cc1)c1cc2cc(F)ccc2o1. The third kappa shape index (κ3) is 2.41. The van der Waals surface area contributed by atoms with Crippen molar-refractivity contribution in [2.24, 2.45) is 5.84 Å². The molecule has 102 valence electrons. The van der Waals surface area contributed by atoms with Gasteiger partial charge in [-0.25, -0.2) is 9.82 Å². The molecule has 0 aliphatic heterocycles. The summed E-state index contributed by atoms with van der Waals surface area (Å²) in [5, 5.41) is 1.35. The van der Waals surface area contributed by atoms with Gasteiger partial charge in [-0.1, -0.05) is 23.7 Å². The van der Waals surface area contributed by atoms with Crippen molar-refractivity contribution in [1.29, 1.82) is 0 Å². The number of nitrogens with one attached hydrogen (secondary N) is 1. The molecule has 0 bridgehead atoms. The molecule has 0 saturated carbocycles. The number of halogens is 2. The van der Waals surface area contributed by atoms with Crippen LogP contribution in [0.3, 0.4) is 0 Å². The molecular formula is C15H12ClFN2O.